The van der Waals surface area contributed by atoms with Crippen LogP contribution in [0.3, 0.4) is 0 Å². The molecular formula is C34H48NO5+. The van der Waals surface area contributed by atoms with Crippen LogP contribution in [-0.2, 0) is 11.2 Å². The van der Waals surface area contributed by atoms with Gasteiger partial charge in [0.2, 0.25) is 12.5 Å². The van der Waals surface area contributed by atoms with Crippen molar-refractivity contribution in [3.8, 4) is 17.2 Å². The lowest BCUT2D eigenvalue weighted by atomic mass is 9.47. The zero-order chi connectivity index (χ0) is 28.0. The van der Waals surface area contributed by atoms with Crippen LogP contribution in [0.4, 0.5) is 0 Å². The van der Waals surface area contributed by atoms with Crippen LogP contribution < -0.4 is 14.2 Å². The second kappa shape index (κ2) is 9.22. The van der Waals surface area contributed by atoms with E-state index < -0.39 is 0 Å². The van der Waals surface area contributed by atoms with Gasteiger partial charge in [0.1, 0.15) is 11.8 Å². The molecule has 3 fully saturated rings. The van der Waals surface area contributed by atoms with Gasteiger partial charge in [-0.05, 0) is 91.6 Å². The topological polar surface area (TPSA) is 65.0 Å². The molecule has 7 rings (SSSR count). The smallest absolute Gasteiger partial charge is 0.231 e. The summed E-state index contributed by atoms with van der Waals surface area (Å²) in [6.45, 7) is 6.16. The number of rotatable bonds is 4. The Labute approximate surface area is 239 Å². The van der Waals surface area contributed by atoms with E-state index in [0.29, 0.717) is 35.7 Å². The number of Topliss-reactive ketones (excluding diaryl/α,β-unsaturated/α-hetero) is 1. The Hall–Kier alpha value is -2.05. The minimum absolute atomic E-state index is 0.0486. The Balaban J connectivity index is 1.16. The average Bonchev–Trinajstić information content (AvgIpc) is 3.53. The van der Waals surface area contributed by atoms with Gasteiger partial charge in [-0.3, -0.25) is 4.79 Å². The summed E-state index contributed by atoms with van der Waals surface area (Å²) in [5.74, 6) is 4.79. The fourth-order valence-electron chi connectivity index (χ4n) is 10.6. The van der Waals surface area contributed by atoms with Crippen molar-refractivity contribution in [2.75, 3.05) is 34.5 Å². The monoisotopic (exact) mass is 550 g/mol. The van der Waals surface area contributed by atoms with Crippen LogP contribution in [0.2, 0.25) is 0 Å². The van der Waals surface area contributed by atoms with Crippen LogP contribution in [0.5, 0.6) is 17.2 Å². The van der Waals surface area contributed by atoms with E-state index in [9.17, 15) is 9.90 Å². The van der Waals surface area contributed by atoms with Crippen molar-refractivity contribution >= 4 is 5.78 Å². The van der Waals surface area contributed by atoms with Crippen LogP contribution in [0.1, 0.15) is 88.8 Å². The third kappa shape index (κ3) is 3.77. The summed E-state index contributed by atoms with van der Waals surface area (Å²) < 4.78 is 18.3. The summed E-state index contributed by atoms with van der Waals surface area (Å²) in [5, 5.41) is 10.4. The summed E-state index contributed by atoms with van der Waals surface area (Å²) in [4.78, 5) is 14.4. The lowest BCUT2D eigenvalue weighted by Gasteiger charge is -2.58. The number of quaternary nitrogens is 1. The Morgan fingerprint density at radius 2 is 1.95 bits per heavy atom. The highest BCUT2D eigenvalue weighted by Crippen LogP contribution is 2.66. The van der Waals surface area contributed by atoms with E-state index in [1.807, 2.05) is 0 Å². The van der Waals surface area contributed by atoms with Crippen molar-refractivity contribution in [3.63, 3.8) is 0 Å². The molecule has 0 bridgehead atoms. The number of carbonyl (C=O) groups is 1. The van der Waals surface area contributed by atoms with E-state index in [4.69, 9.17) is 14.2 Å². The average molecular weight is 551 g/mol. The molecule has 1 N–H and O–H groups in total. The SMILES string of the molecule is COc1c2c(cc3c1[C@@H](CC(=O)[C@H]1CC[C@H]4[C@@H]5CC=C6C[C@H](O)CC[C@]6(C)[C@H]5CC[C@]14C)[N+](C)(C)CC3)OCO2. The van der Waals surface area contributed by atoms with Crippen LogP contribution in [-0.4, -0.2) is 56.0 Å². The predicted molar refractivity (Wildman–Crippen MR) is 153 cm³/mol. The Morgan fingerprint density at radius 3 is 2.75 bits per heavy atom. The quantitative estimate of drug-likeness (QED) is 0.368. The van der Waals surface area contributed by atoms with Gasteiger partial charge in [-0.25, -0.2) is 0 Å². The van der Waals surface area contributed by atoms with Crippen LogP contribution in [0, 0.1) is 34.5 Å². The number of hydrogen-bond acceptors (Lipinski definition) is 5. The lowest BCUT2D eigenvalue weighted by molar-refractivity contribution is -0.922. The molecule has 0 saturated heterocycles. The summed E-state index contributed by atoms with van der Waals surface area (Å²) >= 11 is 0. The second-order valence-corrected chi connectivity index (χ2v) is 15.0. The first kappa shape index (κ1) is 26.8. The largest absolute Gasteiger partial charge is 0.492 e. The summed E-state index contributed by atoms with van der Waals surface area (Å²) in [7, 11) is 6.25. The number of fused-ring (bicyclic) bond motifs is 7. The fraction of sp³-hybridized carbons (Fsp3) is 0.735. The van der Waals surface area contributed by atoms with E-state index in [1.165, 1.54) is 24.0 Å². The molecule has 218 valence electrons. The van der Waals surface area contributed by atoms with Gasteiger partial charge in [0.25, 0.3) is 0 Å². The molecule has 0 aromatic heterocycles. The zero-order valence-corrected chi connectivity index (χ0v) is 25.1. The number of hydrogen-bond donors (Lipinski definition) is 1. The number of aliphatic hydroxyl groups is 1. The molecule has 0 amide bonds. The molecule has 1 aromatic carbocycles. The van der Waals surface area contributed by atoms with Crippen LogP contribution in [0.15, 0.2) is 17.7 Å². The number of nitrogens with zero attached hydrogens (tertiary/aromatic N) is 1. The number of allylic oxidation sites excluding steroid dienone is 1. The highest BCUT2D eigenvalue weighted by atomic mass is 16.7. The number of carbonyl (C=O) groups excluding carboxylic acids is 1. The number of likely N-dealkylation sites (N-methyl/N-ethyl adjacent to an activating group) is 1. The maximum absolute atomic E-state index is 14.4. The molecule has 1 aromatic rings. The fourth-order valence-corrected chi connectivity index (χ4v) is 10.6. The third-order valence-electron chi connectivity index (χ3n) is 12.9. The third-order valence-corrected chi connectivity index (χ3v) is 12.9. The molecule has 4 aliphatic carbocycles. The van der Waals surface area contributed by atoms with Crippen molar-refractivity contribution in [1.29, 1.82) is 0 Å². The molecule has 6 aliphatic rings. The molecule has 8 atom stereocenters. The van der Waals surface area contributed by atoms with Crippen LogP contribution in [0.25, 0.3) is 0 Å². The first-order valence-electron chi connectivity index (χ1n) is 15.8. The molecular weight excluding hydrogens is 502 g/mol. The molecule has 6 nitrogen and oxygen atoms in total. The highest BCUT2D eigenvalue weighted by molar-refractivity contribution is 5.83. The lowest BCUT2D eigenvalue weighted by Crippen LogP contribution is -2.52. The van der Waals surface area contributed by atoms with Crippen molar-refractivity contribution in [2.24, 2.45) is 34.5 Å². The number of ketones is 1. The summed E-state index contributed by atoms with van der Waals surface area (Å²) in [5.41, 5.74) is 4.23. The number of ether oxygens (including phenoxy) is 3. The van der Waals surface area contributed by atoms with Gasteiger partial charge in [0.15, 0.2) is 11.5 Å². The highest BCUT2D eigenvalue weighted by Gasteiger charge is 2.60. The molecule has 3 saturated carbocycles. The molecule has 40 heavy (non-hydrogen) atoms. The van der Waals surface area contributed by atoms with E-state index in [0.717, 1.165) is 73.0 Å². The van der Waals surface area contributed by atoms with Crippen molar-refractivity contribution in [1.82, 2.24) is 0 Å². The minimum Gasteiger partial charge on any atom is -0.492 e. The van der Waals surface area contributed by atoms with Gasteiger partial charge < -0.3 is 23.8 Å². The Morgan fingerprint density at radius 1 is 1.12 bits per heavy atom. The first-order valence-corrected chi connectivity index (χ1v) is 15.8. The molecule has 2 aliphatic heterocycles. The first-order chi connectivity index (χ1) is 19.1. The number of aliphatic hydroxyl groups excluding tert-OH is 1. The molecule has 6 heteroatoms. The van der Waals surface area contributed by atoms with E-state index in [1.54, 1.807) is 7.11 Å². The molecule has 0 radical (unpaired) electrons. The maximum atomic E-state index is 14.4. The Kier molecular flexibility index (Phi) is 6.19. The van der Waals surface area contributed by atoms with Crippen molar-refractivity contribution < 1.29 is 28.6 Å². The van der Waals surface area contributed by atoms with E-state index >= 15 is 0 Å². The predicted octanol–water partition coefficient (Wildman–Crippen LogP) is 6.00. The molecule has 2 heterocycles. The van der Waals surface area contributed by atoms with Gasteiger partial charge in [0.05, 0.1) is 45.8 Å². The van der Waals surface area contributed by atoms with Gasteiger partial charge >= 0.3 is 0 Å². The van der Waals surface area contributed by atoms with Crippen molar-refractivity contribution in [2.45, 2.75) is 90.2 Å². The van der Waals surface area contributed by atoms with E-state index in [-0.39, 0.29) is 35.7 Å². The number of methoxy groups -OCH3 is 1. The standard InChI is InChI=1S/C34H48NO5/c1-33-13-10-22(36)17-21(33)6-7-23-24-8-9-26(34(24,2)14-11-25(23)33)28(37)18-27-30-20(12-15-35(27,3)4)16-29-31(32(30)38-5)40-19-39-29/h6,16,22-27,36H,7-15,17-19H2,1-5H3/q+1/t22-,23+,24+,25+,26-,27-,33+,34+/m1/s1. The van der Waals surface area contributed by atoms with Gasteiger partial charge in [-0.1, -0.05) is 25.5 Å². The number of benzene rings is 1. The van der Waals surface area contributed by atoms with E-state index in [2.05, 4.69) is 40.1 Å². The van der Waals surface area contributed by atoms with Gasteiger partial charge in [0, 0.05) is 12.3 Å². The maximum Gasteiger partial charge on any atom is 0.231 e. The molecule has 0 unspecified atom stereocenters. The van der Waals surface area contributed by atoms with Gasteiger partial charge in [-0.2, -0.15) is 0 Å². The van der Waals surface area contributed by atoms with Crippen molar-refractivity contribution in [3.05, 3.63) is 28.8 Å². The summed E-state index contributed by atoms with van der Waals surface area (Å²) in [6.07, 6.45) is 12.5. The normalized spacial score (nSPS) is 40.8. The summed E-state index contributed by atoms with van der Waals surface area (Å²) in [6, 6.07) is 2.17. The second-order valence-electron chi connectivity index (χ2n) is 15.0. The van der Waals surface area contributed by atoms with Gasteiger partial charge in [-0.15, -0.1) is 0 Å². The molecule has 0 spiro atoms. The Bertz CT molecular complexity index is 1250. The van der Waals surface area contributed by atoms with Crippen LogP contribution >= 0.6 is 0 Å². The zero-order valence-electron chi connectivity index (χ0n) is 25.1. The minimum atomic E-state index is -0.162.